The lowest BCUT2D eigenvalue weighted by Crippen LogP contribution is -2.49. The minimum Gasteiger partial charge on any atom is -0.465 e. The Hall–Kier alpha value is -1.97. The maximum absolute atomic E-state index is 12.5. The first kappa shape index (κ1) is 18.4. The van der Waals surface area contributed by atoms with Crippen LogP contribution in [0.5, 0.6) is 0 Å². The fourth-order valence-corrected chi connectivity index (χ4v) is 3.47. The maximum atomic E-state index is 12.5. The van der Waals surface area contributed by atoms with Crippen molar-refractivity contribution in [2.24, 2.45) is 0 Å². The van der Waals surface area contributed by atoms with Gasteiger partial charge in [0, 0.05) is 33.2 Å². The summed E-state index contributed by atoms with van der Waals surface area (Å²) in [4.78, 5) is 25.3. The molecule has 1 aliphatic rings. The SMILES string of the molecule is COC(=O)c1ccc(S(=O)(=O)N(C)CC(=O)N2CCNCC2)cc1. The minimum absolute atomic E-state index is 0.0192. The molecular formula is C15H21N3O5S. The van der Waals surface area contributed by atoms with Gasteiger partial charge in [0.1, 0.15) is 0 Å². The molecule has 2 rings (SSSR count). The van der Waals surface area contributed by atoms with Gasteiger partial charge >= 0.3 is 5.97 Å². The van der Waals surface area contributed by atoms with Crippen LogP contribution in [0.4, 0.5) is 0 Å². The number of sulfonamides is 1. The number of carbonyl (C=O) groups is 2. The second-order valence-electron chi connectivity index (χ2n) is 5.41. The van der Waals surface area contributed by atoms with E-state index in [2.05, 4.69) is 10.1 Å². The molecule has 1 aromatic rings. The predicted octanol–water partition coefficient (Wildman–Crippen LogP) is -0.474. The largest absolute Gasteiger partial charge is 0.465 e. The number of piperazine rings is 1. The summed E-state index contributed by atoms with van der Waals surface area (Å²) in [7, 11) is -1.19. The minimum atomic E-state index is -3.80. The Bertz CT molecular complexity index is 696. The summed E-state index contributed by atoms with van der Waals surface area (Å²) in [6, 6.07) is 5.41. The van der Waals surface area contributed by atoms with E-state index in [1.807, 2.05) is 0 Å². The van der Waals surface area contributed by atoms with Crippen LogP contribution in [-0.4, -0.2) is 76.4 Å². The van der Waals surface area contributed by atoms with Gasteiger partial charge in [-0.2, -0.15) is 4.31 Å². The third-order valence-corrected chi connectivity index (χ3v) is 5.63. The first-order valence-electron chi connectivity index (χ1n) is 7.49. The van der Waals surface area contributed by atoms with Gasteiger partial charge in [0.05, 0.1) is 24.1 Å². The number of benzene rings is 1. The van der Waals surface area contributed by atoms with Crippen LogP contribution in [0, 0.1) is 0 Å². The van der Waals surface area contributed by atoms with Crippen LogP contribution in [0.1, 0.15) is 10.4 Å². The number of hydrogen-bond donors (Lipinski definition) is 1. The second kappa shape index (κ2) is 7.73. The zero-order valence-electron chi connectivity index (χ0n) is 13.7. The standard InChI is InChI=1S/C15H21N3O5S/c1-17(11-14(19)18-9-7-16-8-10-18)24(21,22)13-5-3-12(4-6-13)15(20)23-2/h3-6,16H,7-11H2,1-2H3. The van der Waals surface area contributed by atoms with E-state index in [1.54, 1.807) is 4.90 Å². The summed E-state index contributed by atoms with van der Waals surface area (Å²) in [6.45, 7) is 2.33. The van der Waals surface area contributed by atoms with Crippen molar-refractivity contribution in [3.8, 4) is 0 Å². The Kier molecular flexibility index (Phi) is 5.92. The summed E-state index contributed by atoms with van der Waals surface area (Å²) in [5.74, 6) is -0.769. The van der Waals surface area contributed by atoms with Gasteiger partial charge in [0.25, 0.3) is 0 Å². The Morgan fingerprint density at radius 2 is 1.79 bits per heavy atom. The van der Waals surface area contributed by atoms with Gasteiger partial charge in [-0.1, -0.05) is 0 Å². The molecule has 1 saturated heterocycles. The van der Waals surface area contributed by atoms with E-state index in [1.165, 1.54) is 38.4 Å². The van der Waals surface area contributed by atoms with Crippen LogP contribution < -0.4 is 5.32 Å². The number of amides is 1. The molecule has 0 bridgehead atoms. The Balaban J connectivity index is 2.08. The van der Waals surface area contributed by atoms with Crippen LogP contribution >= 0.6 is 0 Å². The van der Waals surface area contributed by atoms with Crippen LogP contribution in [0.25, 0.3) is 0 Å². The normalized spacial score (nSPS) is 15.4. The molecule has 1 heterocycles. The number of esters is 1. The highest BCUT2D eigenvalue weighted by atomic mass is 32.2. The number of rotatable bonds is 5. The molecule has 24 heavy (non-hydrogen) atoms. The lowest BCUT2D eigenvalue weighted by Gasteiger charge is -2.29. The number of hydrogen-bond acceptors (Lipinski definition) is 6. The lowest BCUT2D eigenvalue weighted by atomic mass is 10.2. The van der Waals surface area contributed by atoms with Crippen LogP contribution in [0.2, 0.25) is 0 Å². The lowest BCUT2D eigenvalue weighted by molar-refractivity contribution is -0.131. The van der Waals surface area contributed by atoms with Crippen molar-refractivity contribution in [2.45, 2.75) is 4.90 Å². The molecule has 1 aromatic carbocycles. The highest BCUT2D eigenvalue weighted by Gasteiger charge is 2.26. The van der Waals surface area contributed by atoms with E-state index >= 15 is 0 Å². The summed E-state index contributed by atoms with van der Waals surface area (Å²) in [5.41, 5.74) is 0.260. The van der Waals surface area contributed by atoms with E-state index in [9.17, 15) is 18.0 Å². The molecule has 1 amide bonds. The topological polar surface area (TPSA) is 96.0 Å². The van der Waals surface area contributed by atoms with Gasteiger partial charge in [-0.15, -0.1) is 0 Å². The molecule has 1 N–H and O–H groups in total. The van der Waals surface area contributed by atoms with Gasteiger partial charge in [-0.25, -0.2) is 13.2 Å². The van der Waals surface area contributed by atoms with E-state index in [-0.39, 0.29) is 22.9 Å². The molecule has 0 spiro atoms. The molecule has 1 fully saturated rings. The number of likely N-dealkylation sites (N-methyl/N-ethyl adjacent to an activating group) is 1. The predicted molar refractivity (Wildman–Crippen MR) is 87.0 cm³/mol. The van der Waals surface area contributed by atoms with Crippen molar-refractivity contribution in [3.05, 3.63) is 29.8 Å². The summed E-state index contributed by atoms with van der Waals surface area (Å²) in [6.07, 6.45) is 0. The molecule has 0 aliphatic carbocycles. The molecule has 0 radical (unpaired) electrons. The van der Waals surface area contributed by atoms with Gasteiger partial charge < -0.3 is 15.0 Å². The molecule has 8 nitrogen and oxygen atoms in total. The van der Waals surface area contributed by atoms with E-state index in [0.717, 1.165) is 4.31 Å². The fraction of sp³-hybridized carbons (Fsp3) is 0.467. The van der Waals surface area contributed by atoms with Crippen LogP contribution in [-0.2, 0) is 19.6 Å². The van der Waals surface area contributed by atoms with E-state index < -0.39 is 16.0 Å². The molecule has 132 valence electrons. The molecule has 0 saturated carbocycles. The molecule has 9 heteroatoms. The quantitative estimate of drug-likeness (QED) is 0.717. The zero-order chi connectivity index (χ0) is 17.7. The summed E-state index contributed by atoms with van der Waals surface area (Å²) >= 11 is 0. The Morgan fingerprint density at radius 1 is 1.21 bits per heavy atom. The smallest absolute Gasteiger partial charge is 0.337 e. The molecule has 0 unspecified atom stereocenters. The number of ether oxygens (including phenoxy) is 1. The highest BCUT2D eigenvalue weighted by molar-refractivity contribution is 7.89. The Labute approximate surface area is 141 Å². The van der Waals surface area contributed by atoms with Crippen molar-refractivity contribution in [1.29, 1.82) is 0 Å². The van der Waals surface area contributed by atoms with Gasteiger partial charge in [0.15, 0.2) is 0 Å². The average molecular weight is 355 g/mol. The van der Waals surface area contributed by atoms with Crippen LogP contribution in [0.3, 0.4) is 0 Å². The Morgan fingerprint density at radius 3 is 2.33 bits per heavy atom. The van der Waals surface area contributed by atoms with E-state index in [0.29, 0.717) is 26.2 Å². The fourth-order valence-electron chi connectivity index (χ4n) is 2.35. The van der Waals surface area contributed by atoms with E-state index in [4.69, 9.17) is 0 Å². The molecule has 1 aliphatic heterocycles. The summed E-state index contributed by atoms with van der Waals surface area (Å²) in [5, 5.41) is 3.13. The maximum Gasteiger partial charge on any atom is 0.337 e. The van der Waals surface area contributed by atoms with Crippen LogP contribution in [0.15, 0.2) is 29.2 Å². The number of methoxy groups -OCH3 is 1. The molecular weight excluding hydrogens is 334 g/mol. The number of nitrogens with zero attached hydrogens (tertiary/aromatic N) is 2. The van der Waals surface area contributed by atoms with Crippen molar-refractivity contribution < 1.29 is 22.7 Å². The van der Waals surface area contributed by atoms with Gasteiger partial charge in [-0.3, -0.25) is 4.79 Å². The monoisotopic (exact) mass is 355 g/mol. The number of carbonyl (C=O) groups excluding carboxylic acids is 2. The second-order valence-corrected chi connectivity index (χ2v) is 7.45. The van der Waals surface area contributed by atoms with Crippen molar-refractivity contribution >= 4 is 21.9 Å². The summed E-state index contributed by atoms with van der Waals surface area (Å²) < 4.78 is 30.6. The zero-order valence-corrected chi connectivity index (χ0v) is 14.5. The first-order valence-corrected chi connectivity index (χ1v) is 8.93. The highest BCUT2D eigenvalue weighted by Crippen LogP contribution is 2.16. The van der Waals surface area contributed by atoms with Crippen molar-refractivity contribution in [3.63, 3.8) is 0 Å². The third kappa shape index (κ3) is 4.11. The first-order chi connectivity index (χ1) is 11.4. The molecule has 0 aromatic heterocycles. The third-order valence-electron chi connectivity index (χ3n) is 3.81. The molecule has 0 atom stereocenters. The number of nitrogens with one attached hydrogen (secondary N) is 1. The van der Waals surface area contributed by atoms with Crippen molar-refractivity contribution in [2.75, 3.05) is 46.9 Å². The average Bonchev–Trinajstić information content (AvgIpc) is 2.61. The van der Waals surface area contributed by atoms with Gasteiger partial charge in [0.2, 0.25) is 15.9 Å². The van der Waals surface area contributed by atoms with Gasteiger partial charge in [-0.05, 0) is 24.3 Å². The van der Waals surface area contributed by atoms with Crippen molar-refractivity contribution in [1.82, 2.24) is 14.5 Å².